The molecule has 7 heteroatoms. The molecule has 150 valence electrons. The highest BCUT2D eigenvalue weighted by Gasteiger charge is 2.28. The van der Waals surface area contributed by atoms with Gasteiger partial charge in [0.25, 0.3) is 5.91 Å². The van der Waals surface area contributed by atoms with Gasteiger partial charge in [0.15, 0.2) is 23.9 Å². The van der Waals surface area contributed by atoms with Gasteiger partial charge in [-0.2, -0.15) is 0 Å². The highest BCUT2D eigenvalue weighted by atomic mass is 19.1. The Morgan fingerprint density at radius 2 is 1.89 bits per heavy atom. The van der Waals surface area contributed by atoms with Crippen LogP contribution in [0.25, 0.3) is 0 Å². The maximum absolute atomic E-state index is 13.6. The lowest BCUT2D eigenvalue weighted by Crippen LogP contribution is -2.52. The molecule has 1 aliphatic carbocycles. The number of rotatable bonds is 5. The average molecular weight is 387 g/mol. The predicted octanol–water partition coefficient (Wildman–Crippen LogP) is 3.48. The van der Waals surface area contributed by atoms with Gasteiger partial charge in [-0.15, -0.1) is 0 Å². The first-order valence-corrected chi connectivity index (χ1v) is 10.1. The van der Waals surface area contributed by atoms with Gasteiger partial charge in [-0.25, -0.2) is 9.37 Å². The van der Waals surface area contributed by atoms with Crippen molar-refractivity contribution in [2.75, 3.05) is 26.2 Å². The van der Waals surface area contributed by atoms with E-state index in [2.05, 4.69) is 9.88 Å². The number of benzene rings is 1. The number of carbonyl (C=O) groups is 1. The number of para-hydroxylation sites is 1. The molecule has 1 saturated heterocycles. The zero-order valence-electron chi connectivity index (χ0n) is 16.0. The van der Waals surface area contributed by atoms with Crippen LogP contribution in [0.15, 0.2) is 34.9 Å². The van der Waals surface area contributed by atoms with Crippen molar-refractivity contribution in [2.24, 2.45) is 0 Å². The summed E-state index contributed by atoms with van der Waals surface area (Å²) in [5, 5.41) is 0. The molecule has 2 aromatic rings. The third kappa shape index (κ3) is 4.35. The van der Waals surface area contributed by atoms with E-state index in [0.29, 0.717) is 19.1 Å². The van der Waals surface area contributed by atoms with Crippen molar-refractivity contribution in [1.29, 1.82) is 0 Å². The van der Waals surface area contributed by atoms with E-state index in [1.165, 1.54) is 50.5 Å². The number of nitrogens with zero attached hydrogens (tertiary/aromatic N) is 3. The molecule has 1 amide bonds. The van der Waals surface area contributed by atoms with Crippen molar-refractivity contribution >= 4 is 5.91 Å². The summed E-state index contributed by atoms with van der Waals surface area (Å²) >= 11 is 0. The number of aromatic nitrogens is 1. The summed E-state index contributed by atoms with van der Waals surface area (Å²) in [6.07, 6.45) is 7.91. The molecular formula is C21H26FN3O3. The van der Waals surface area contributed by atoms with Crippen LogP contribution in [0.1, 0.15) is 48.5 Å². The standard InChI is InChI=1S/C21H26FN3O3/c22-17-8-4-5-9-19(17)27-15-20-23-18(14-28-20)21(26)25-12-10-24(11-13-25)16-6-2-1-3-7-16/h4-5,8-9,14,16H,1-3,6-7,10-13,15H2. The Hall–Kier alpha value is -2.41. The van der Waals surface area contributed by atoms with Crippen LogP contribution in [0.4, 0.5) is 4.39 Å². The summed E-state index contributed by atoms with van der Waals surface area (Å²) in [6, 6.07) is 6.83. The number of amides is 1. The van der Waals surface area contributed by atoms with Gasteiger partial charge in [-0.3, -0.25) is 9.69 Å². The summed E-state index contributed by atoms with van der Waals surface area (Å²) < 4.78 is 24.3. The number of carbonyl (C=O) groups excluding carboxylic acids is 1. The van der Waals surface area contributed by atoms with E-state index in [1.807, 2.05) is 4.90 Å². The van der Waals surface area contributed by atoms with Crippen LogP contribution in [0.2, 0.25) is 0 Å². The average Bonchev–Trinajstić information content (AvgIpc) is 3.22. The van der Waals surface area contributed by atoms with Crippen LogP contribution in [0.3, 0.4) is 0 Å². The normalized spacial score (nSPS) is 19.0. The first kappa shape index (κ1) is 18.9. The molecule has 6 nitrogen and oxygen atoms in total. The molecule has 0 atom stereocenters. The van der Waals surface area contributed by atoms with E-state index in [9.17, 15) is 9.18 Å². The summed E-state index contributed by atoms with van der Waals surface area (Å²) in [5.74, 6) is -0.176. The largest absolute Gasteiger partial charge is 0.481 e. The minimum atomic E-state index is -0.443. The molecule has 28 heavy (non-hydrogen) atoms. The Bertz CT molecular complexity index is 796. The van der Waals surface area contributed by atoms with Gasteiger partial charge in [-0.05, 0) is 25.0 Å². The first-order valence-electron chi connectivity index (χ1n) is 10.1. The summed E-state index contributed by atoms with van der Waals surface area (Å²) in [6.45, 7) is 3.23. The maximum atomic E-state index is 13.6. The summed E-state index contributed by atoms with van der Waals surface area (Å²) in [5.41, 5.74) is 0.276. The molecule has 1 aromatic carbocycles. The van der Waals surface area contributed by atoms with Crippen molar-refractivity contribution in [1.82, 2.24) is 14.8 Å². The van der Waals surface area contributed by atoms with Crippen molar-refractivity contribution in [3.63, 3.8) is 0 Å². The lowest BCUT2D eigenvalue weighted by Gasteiger charge is -2.40. The van der Waals surface area contributed by atoms with Crippen LogP contribution < -0.4 is 4.74 Å². The molecule has 0 spiro atoms. The SMILES string of the molecule is O=C(c1coc(COc2ccccc2F)n1)N1CCN(C2CCCCC2)CC1. The molecule has 0 unspecified atom stereocenters. The van der Waals surface area contributed by atoms with Gasteiger partial charge in [0.1, 0.15) is 6.26 Å². The van der Waals surface area contributed by atoms with Crippen LogP contribution in [0, 0.1) is 5.82 Å². The van der Waals surface area contributed by atoms with E-state index in [1.54, 1.807) is 12.1 Å². The highest BCUT2D eigenvalue weighted by molar-refractivity contribution is 5.92. The Kier molecular flexibility index (Phi) is 5.90. The number of piperazine rings is 1. The van der Waals surface area contributed by atoms with Crippen molar-refractivity contribution < 1.29 is 18.3 Å². The highest BCUT2D eigenvalue weighted by Crippen LogP contribution is 2.24. The molecule has 1 aliphatic heterocycles. The van der Waals surface area contributed by atoms with E-state index in [0.717, 1.165) is 13.1 Å². The zero-order chi connectivity index (χ0) is 19.3. The topological polar surface area (TPSA) is 58.8 Å². The Morgan fingerprint density at radius 3 is 2.64 bits per heavy atom. The number of hydrogen-bond acceptors (Lipinski definition) is 5. The van der Waals surface area contributed by atoms with Crippen LogP contribution in [0.5, 0.6) is 5.75 Å². The fourth-order valence-electron chi connectivity index (χ4n) is 4.08. The third-order valence-electron chi connectivity index (χ3n) is 5.65. The minimum Gasteiger partial charge on any atom is -0.481 e. The van der Waals surface area contributed by atoms with E-state index in [4.69, 9.17) is 9.15 Å². The second kappa shape index (κ2) is 8.73. The van der Waals surface area contributed by atoms with E-state index < -0.39 is 5.82 Å². The third-order valence-corrected chi connectivity index (χ3v) is 5.65. The molecule has 2 heterocycles. The molecule has 1 aromatic heterocycles. The molecule has 0 radical (unpaired) electrons. The Balaban J connectivity index is 1.29. The smallest absolute Gasteiger partial charge is 0.275 e. The van der Waals surface area contributed by atoms with Crippen LogP contribution >= 0.6 is 0 Å². The molecule has 1 saturated carbocycles. The molecule has 0 bridgehead atoms. The fraction of sp³-hybridized carbons (Fsp3) is 0.524. The summed E-state index contributed by atoms with van der Waals surface area (Å²) in [4.78, 5) is 21.3. The number of hydrogen-bond donors (Lipinski definition) is 0. The number of oxazole rings is 1. The molecule has 4 rings (SSSR count). The second-order valence-electron chi connectivity index (χ2n) is 7.47. The molecule has 2 fully saturated rings. The minimum absolute atomic E-state index is 0.0241. The van der Waals surface area contributed by atoms with E-state index in [-0.39, 0.29) is 29.8 Å². The monoisotopic (exact) mass is 387 g/mol. The van der Waals surface area contributed by atoms with Gasteiger partial charge in [0.05, 0.1) is 0 Å². The molecule has 2 aliphatic rings. The quantitative estimate of drug-likeness (QED) is 0.786. The van der Waals surface area contributed by atoms with Gasteiger partial charge < -0.3 is 14.1 Å². The Labute approximate surface area is 164 Å². The predicted molar refractivity (Wildman–Crippen MR) is 102 cm³/mol. The first-order chi connectivity index (χ1) is 13.7. The van der Waals surface area contributed by atoms with Crippen LogP contribution in [-0.4, -0.2) is 52.9 Å². The van der Waals surface area contributed by atoms with Crippen molar-refractivity contribution in [3.8, 4) is 5.75 Å². The second-order valence-corrected chi connectivity index (χ2v) is 7.47. The fourth-order valence-corrected chi connectivity index (χ4v) is 4.08. The zero-order valence-corrected chi connectivity index (χ0v) is 16.0. The molecular weight excluding hydrogens is 361 g/mol. The van der Waals surface area contributed by atoms with Gasteiger partial charge in [0.2, 0.25) is 5.89 Å². The van der Waals surface area contributed by atoms with Gasteiger partial charge >= 0.3 is 0 Å². The van der Waals surface area contributed by atoms with Crippen molar-refractivity contribution in [3.05, 3.63) is 47.9 Å². The summed E-state index contributed by atoms with van der Waals surface area (Å²) in [7, 11) is 0. The maximum Gasteiger partial charge on any atom is 0.275 e. The van der Waals surface area contributed by atoms with E-state index >= 15 is 0 Å². The van der Waals surface area contributed by atoms with Gasteiger partial charge in [-0.1, -0.05) is 31.4 Å². The number of halogens is 1. The molecule has 0 N–H and O–H groups in total. The lowest BCUT2D eigenvalue weighted by molar-refractivity contribution is 0.0518. The number of ether oxygens (including phenoxy) is 1. The van der Waals surface area contributed by atoms with Gasteiger partial charge in [0, 0.05) is 32.2 Å². The Morgan fingerprint density at radius 1 is 1.14 bits per heavy atom. The van der Waals surface area contributed by atoms with Crippen molar-refractivity contribution in [2.45, 2.75) is 44.8 Å². The lowest BCUT2D eigenvalue weighted by atomic mass is 9.94. The van der Waals surface area contributed by atoms with Crippen LogP contribution in [-0.2, 0) is 6.61 Å².